The molecule has 0 radical (unpaired) electrons. The van der Waals surface area contributed by atoms with E-state index in [9.17, 15) is 0 Å². The first-order chi connectivity index (χ1) is 8.69. The molecule has 1 aromatic carbocycles. The fourth-order valence-electron chi connectivity index (χ4n) is 1.95. The van der Waals surface area contributed by atoms with Crippen LogP contribution in [-0.4, -0.2) is 30.2 Å². The second-order valence-corrected chi connectivity index (χ2v) is 5.17. The van der Waals surface area contributed by atoms with E-state index in [-0.39, 0.29) is 0 Å². The van der Waals surface area contributed by atoms with Crippen molar-refractivity contribution in [3.63, 3.8) is 0 Å². The van der Waals surface area contributed by atoms with Crippen molar-refractivity contribution >= 4 is 34.6 Å². The monoisotopic (exact) mass is 285 g/mol. The first kappa shape index (κ1) is 13.7. The first-order valence-electron chi connectivity index (χ1n) is 6.18. The van der Waals surface area contributed by atoms with Gasteiger partial charge in [-0.1, -0.05) is 30.1 Å². The summed E-state index contributed by atoms with van der Waals surface area (Å²) in [4.78, 5) is 2.43. The Kier molecular flexibility index (Phi) is 4.87. The lowest BCUT2D eigenvalue weighted by Gasteiger charge is -2.25. The van der Waals surface area contributed by atoms with E-state index < -0.39 is 0 Å². The molecule has 1 aromatic rings. The van der Waals surface area contributed by atoms with E-state index in [4.69, 9.17) is 23.2 Å². The van der Waals surface area contributed by atoms with Crippen molar-refractivity contribution in [3.05, 3.63) is 28.2 Å². The lowest BCUT2D eigenvalue weighted by atomic mass is 10.1. The van der Waals surface area contributed by atoms with Gasteiger partial charge < -0.3 is 4.90 Å². The van der Waals surface area contributed by atoms with Crippen molar-refractivity contribution in [1.82, 2.24) is 4.90 Å². The minimum Gasteiger partial charge on any atom is -0.303 e. The van der Waals surface area contributed by atoms with Gasteiger partial charge in [-0.15, -0.1) is 0 Å². The molecule has 1 heterocycles. The smallest absolute Gasteiger partial charge is 0.0613 e. The molecule has 5 heteroatoms. The van der Waals surface area contributed by atoms with E-state index in [1.165, 1.54) is 5.71 Å². The van der Waals surface area contributed by atoms with Gasteiger partial charge in [0, 0.05) is 31.6 Å². The van der Waals surface area contributed by atoms with Crippen molar-refractivity contribution in [2.24, 2.45) is 5.10 Å². The summed E-state index contributed by atoms with van der Waals surface area (Å²) in [6.07, 6.45) is 2.06. The average molecular weight is 286 g/mol. The summed E-state index contributed by atoms with van der Waals surface area (Å²) in [5.74, 6) is 0. The fraction of sp³-hybridized carbons (Fsp3) is 0.462. The zero-order chi connectivity index (χ0) is 13.0. The molecule has 98 valence electrons. The van der Waals surface area contributed by atoms with Gasteiger partial charge in [-0.05, 0) is 24.7 Å². The number of nitrogens with one attached hydrogen (secondary N) is 1. The van der Waals surface area contributed by atoms with Gasteiger partial charge in [-0.2, -0.15) is 5.10 Å². The average Bonchev–Trinajstić information content (AvgIpc) is 2.41. The first-order valence-corrected chi connectivity index (χ1v) is 6.93. The van der Waals surface area contributed by atoms with E-state index >= 15 is 0 Å². The Hall–Kier alpha value is -0.770. The molecule has 3 nitrogen and oxygen atoms in total. The molecule has 1 fully saturated rings. The normalized spacial score (nSPS) is 16.7. The Morgan fingerprint density at radius 2 is 1.94 bits per heavy atom. The molecule has 2 rings (SSSR count). The highest BCUT2D eigenvalue weighted by Gasteiger charge is 2.12. The number of piperidine rings is 1. The van der Waals surface area contributed by atoms with Crippen LogP contribution in [0.25, 0.3) is 0 Å². The SMILES string of the molecule is CCN1CCC(=NNc2ccc(Cl)c(Cl)c2)CC1. The van der Waals surface area contributed by atoms with Gasteiger partial charge in [0.15, 0.2) is 0 Å². The standard InChI is InChI=1S/C13H17Cl2N3/c1-2-18-7-5-10(6-8-18)16-17-11-3-4-12(14)13(15)9-11/h3-4,9,17H,2,5-8H2,1H3. The number of rotatable bonds is 3. The number of hydrogen-bond donors (Lipinski definition) is 1. The van der Waals surface area contributed by atoms with Gasteiger partial charge in [-0.3, -0.25) is 5.43 Å². The molecule has 1 aliphatic heterocycles. The fourth-order valence-corrected chi connectivity index (χ4v) is 2.25. The Morgan fingerprint density at radius 3 is 2.56 bits per heavy atom. The second kappa shape index (κ2) is 6.41. The minimum atomic E-state index is 0.544. The highest BCUT2D eigenvalue weighted by Crippen LogP contribution is 2.25. The topological polar surface area (TPSA) is 27.6 Å². The summed E-state index contributed by atoms with van der Waals surface area (Å²) in [6, 6.07) is 5.43. The van der Waals surface area contributed by atoms with Crippen LogP contribution < -0.4 is 5.43 Å². The highest BCUT2D eigenvalue weighted by atomic mass is 35.5. The number of nitrogens with zero attached hydrogens (tertiary/aromatic N) is 2. The zero-order valence-corrected chi connectivity index (χ0v) is 11.9. The summed E-state index contributed by atoms with van der Waals surface area (Å²) in [5.41, 5.74) is 5.13. The van der Waals surface area contributed by atoms with Crippen molar-refractivity contribution in [2.75, 3.05) is 25.1 Å². The lowest BCUT2D eigenvalue weighted by molar-refractivity contribution is 0.289. The predicted molar refractivity (Wildman–Crippen MR) is 78.9 cm³/mol. The summed E-state index contributed by atoms with van der Waals surface area (Å²) in [7, 11) is 0. The second-order valence-electron chi connectivity index (χ2n) is 4.35. The highest BCUT2D eigenvalue weighted by molar-refractivity contribution is 6.42. The molecule has 0 amide bonds. The van der Waals surface area contributed by atoms with E-state index in [2.05, 4.69) is 22.4 Å². The lowest BCUT2D eigenvalue weighted by Crippen LogP contribution is -2.33. The van der Waals surface area contributed by atoms with Crippen LogP contribution in [0.2, 0.25) is 10.0 Å². The van der Waals surface area contributed by atoms with Crippen molar-refractivity contribution in [1.29, 1.82) is 0 Å². The third-order valence-corrected chi connectivity index (χ3v) is 3.88. The molecule has 1 saturated heterocycles. The molecular weight excluding hydrogens is 269 g/mol. The Bertz CT molecular complexity index is 436. The maximum absolute atomic E-state index is 5.95. The largest absolute Gasteiger partial charge is 0.303 e. The van der Waals surface area contributed by atoms with Crippen LogP contribution in [0.4, 0.5) is 5.69 Å². The van der Waals surface area contributed by atoms with Crippen molar-refractivity contribution < 1.29 is 0 Å². The Labute approximate surface area is 118 Å². The van der Waals surface area contributed by atoms with Gasteiger partial charge in [0.2, 0.25) is 0 Å². The van der Waals surface area contributed by atoms with Crippen LogP contribution in [0.1, 0.15) is 19.8 Å². The van der Waals surface area contributed by atoms with E-state index in [1.807, 2.05) is 6.07 Å². The summed E-state index contributed by atoms with van der Waals surface area (Å²) >= 11 is 11.8. The Balaban J connectivity index is 1.92. The number of likely N-dealkylation sites (tertiary alicyclic amines) is 1. The molecule has 0 bridgehead atoms. The Morgan fingerprint density at radius 1 is 1.22 bits per heavy atom. The number of halogens is 2. The molecule has 0 atom stereocenters. The molecule has 0 aromatic heterocycles. The van der Waals surface area contributed by atoms with E-state index in [0.717, 1.165) is 38.2 Å². The third-order valence-electron chi connectivity index (χ3n) is 3.14. The van der Waals surface area contributed by atoms with Crippen LogP contribution in [0.3, 0.4) is 0 Å². The van der Waals surface area contributed by atoms with Crippen LogP contribution >= 0.6 is 23.2 Å². The van der Waals surface area contributed by atoms with Crippen molar-refractivity contribution in [3.8, 4) is 0 Å². The molecule has 0 spiro atoms. The third kappa shape index (κ3) is 3.61. The van der Waals surface area contributed by atoms with E-state index in [0.29, 0.717) is 10.0 Å². The van der Waals surface area contributed by atoms with Gasteiger partial charge in [-0.25, -0.2) is 0 Å². The van der Waals surface area contributed by atoms with Gasteiger partial charge in [0.05, 0.1) is 15.7 Å². The van der Waals surface area contributed by atoms with Gasteiger partial charge in [0.1, 0.15) is 0 Å². The van der Waals surface area contributed by atoms with Crippen molar-refractivity contribution in [2.45, 2.75) is 19.8 Å². The summed E-state index contributed by atoms with van der Waals surface area (Å²) in [5, 5.41) is 5.54. The molecule has 1 N–H and O–H groups in total. The molecule has 0 saturated carbocycles. The van der Waals surface area contributed by atoms with Crippen LogP contribution in [0.5, 0.6) is 0 Å². The minimum absolute atomic E-state index is 0.544. The van der Waals surface area contributed by atoms with Gasteiger partial charge >= 0.3 is 0 Å². The maximum atomic E-state index is 5.95. The van der Waals surface area contributed by atoms with Gasteiger partial charge in [0.25, 0.3) is 0 Å². The molecule has 1 aliphatic rings. The number of hydrogen-bond acceptors (Lipinski definition) is 3. The zero-order valence-electron chi connectivity index (χ0n) is 10.4. The van der Waals surface area contributed by atoms with Crippen LogP contribution in [0, 0.1) is 0 Å². The van der Waals surface area contributed by atoms with E-state index in [1.54, 1.807) is 12.1 Å². The summed E-state index contributed by atoms with van der Waals surface area (Å²) < 4.78 is 0. The molecular formula is C13H17Cl2N3. The number of anilines is 1. The molecule has 0 unspecified atom stereocenters. The van der Waals surface area contributed by atoms with Crippen LogP contribution in [-0.2, 0) is 0 Å². The predicted octanol–water partition coefficient (Wildman–Crippen LogP) is 3.88. The summed E-state index contributed by atoms with van der Waals surface area (Å²) in [6.45, 7) is 5.50. The molecule has 18 heavy (non-hydrogen) atoms. The number of benzene rings is 1. The maximum Gasteiger partial charge on any atom is 0.0613 e. The molecule has 0 aliphatic carbocycles. The number of hydrazone groups is 1. The quantitative estimate of drug-likeness (QED) is 0.854. The van der Waals surface area contributed by atoms with Crippen LogP contribution in [0.15, 0.2) is 23.3 Å².